The van der Waals surface area contributed by atoms with E-state index in [1.165, 1.54) is 11.3 Å². The third-order valence-electron chi connectivity index (χ3n) is 5.91. The number of aromatic nitrogens is 1. The molecule has 0 bridgehead atoms. The molecule has 3 heterocycles. The minimum atomic E-state index is -0.613. The highest BCUT2D eigenvalue weighted by Gasteiger charge is 2.32. The van der Waals surface area contributed by atoms with Gasteiger partial charge in [0, 0.05) is 45.0 Å². The standard InChI is InChI=1S/C25H26N4O4S/c1-18(30)29(20-7-3-2-4-8-20)25-26-19(17-34-25)15-27-11-13-28(14-12-27)24(31)23-16-32-21-9-5-6-10-22(21)33-23/h2-10,17,23H,11-16H2,1H3/t23-/m1/s1. The molecule has 0 spiro atoms. The summed E-state index contributed by atoms with van der Waals surface area (Å²) in [5.74, 6) is 1.18. The number of fused-ring (bicyclic) bond motifs is 1. The normalized spacial score (nSPS) is 17.9. The zero-order valence-corrected chi connectivity index (χ0v) is 19.7. The molecule has 1 saturated heterocycles. The van der Waals surface area contributed by atoms with Gasteiger partial charge in [0.05, 0.1) is 11.4 Å². The fourth-order valence-corrected chi connectivity index (χ4v) is 5.05. The fourth-order valence-electron chi connectivity index (χ4n) is 4.18. The number of piperazine rings is 1. The Bertz CT molecular complexity index is 1160. The molecule has 34 heavy (non-hydrogen) atoms. The Morgan fingerprint density at radius 3 is 2.47 bits per heavy atom. The number of amides is 2. The first-order valence-corrected chi connectivity index (χ1v) is 12.2. The third kappa shape index (κ3) is 4.76. The van der Waals surface area contributed by atoms with Crippen molar-refractivity contribution in [3.63, 3.8) is 0 Å². The molecule has 0 radical (unpaired) electrons. The second-order valence-electron chi connectivity index (χ2n) is 8.28. The smallest absolute Gasteiger partial charge is 0.267 e. The molecule has 2 amide bonds. The summed E-state index contributed by atoms with van der Waals surface area (Å²) in [6.45, 7) is 5.20. The van der Waals surface area contributed by atoms with Crippen molar-refractivity contribution in [2.45, 2.75) is 19.6 Å². The number of para-hydroxylation sites is 3. The van der Waals surface area contributed by atoms with Gasteiger partial charge in [0.1, 0.15) is 6.61 Å². The lowest BCUT2D eigenvalue weighted by molar-refractivity contribution is -0.143. The number of nitrogens with zero attached hydrogens (tertiary/aromatic N) is 4. The Kier molecular flexibility index (Phi) is 6.46. The lowest BCUT2D eigenvalue weighted by atomic mass is 10.2. The van der Waals surface area contributed by atoms with Crippen molar-refractivity contribution in [2.75, 3.05) is 37.7 Å². The number of carbonyl (C=O) groups is 2. The van der Waals surface area contributed by atoms with E-state index in [1.54, 1.807) is 11.8 Å². The topological polar surface area (TPSA) is 75.2 Å². The van der Waals surface area contributed by atoms with Gasteiger partial charge in [0.15, 0.2) is 16.6 Å². The number of rotatable bonds is 5. The first kappa shape index (κ1) is 22.4. The maximum absolute atomic E-state index is 13.0. The van der Waals surface area contributed by atoms with Crippen LogP contribution in [0.25, 0.3) is 0 Å². The quantitative estimate of drug-likeness (QED) is 0.560. The second kappa shape index (κ2) is 9.82. The summed E-state index contributed by atoms with van der Waals surface area (Å²) >= 11 is 1.46. The average molecular weight is 479 g/mol. The van der Waals surface area contributed by atoms with Crippen molar-refractivity contribution >= 4 is 34.0 Å². The van der Waals surface area contributed by atoms with Crippen LogP contribution >= 0.6 is 11.3 Å². The SMILES string of the molecule is CC(=O)N(c1ccccc1)c1nc(CN2CCN(C(=O)[C@H]3COc4ccccc4O3)CC2)cs1. The maximum Gasteiger partial charge on any atom is 0.267 e. The molecule has 2 aromatic carbocycles. The Morgan fingerprint density at radius 1 is 1.03 bits per heavy atom. The average Bonchev–Trinajstić information content (AvgIpc) is 3.32. The lowest BCUT2D eigenvalue weighted by Crippen LogP contribution is -2.53. The first-order valence-electron chi connectivity index (χ1n) is 11.3. The van der Waals surface area contributed by atoms with Gasteiger partial charge in [-0.05, 0) is 24.3 Å². The van der Waals surface area contributed by atoms with Gasteiger partial charge < -0.3 is 14.4 Å². The summed E-state index contributed by atoms with van der Waals surface area (Å²) in [5, 5.41) is 2.66. The zero-order chi connectivity index (χ0) is 23.5. The molecular weight excluding hydrogens is 452 g/mol. The summed E-state index contributed by atoms with van der Waals surface area (Å²) < 4.78 is 11.6. The molecule has 3 aromatic rings. The van der Waals surface area contributed by atoms with Crippen LogP contribution in [0.2, 0.25) is 0 Å². The molecule has 5 rings (SSSR count). The summed E-state index contributed by atoms with van der Waals surface area (Å²) in [7, 11) is 0. The molecule has 0 unspecified atom stereocenters. The van der Waals surface area contributed by atoms with Crippen molar-refractivity contribution < 1.29 is 19.1 Å². The van der Waals surface area contributed by atoms with Crippen LogP contribution in [0.3, 0.4) is 0 Å². The highest BCUT2D eigenvalue weighted by Crippen LogP contribution is 2.32. The minimum Gasteiger partial charge on any atom is -0.485 e. The third-order valence-corrected chi connectivity index (χ3v) is 6.79. The van der Waals surface area contributed by atoms with Gasteiger partial charge in [-0.2, -0.15) is 0 Å². The van der Waals surface area contributed by atoms with E-state index in [0.717, 1.165) is 24.5 Å². The molecule has 8 nitrogen and oxygen atoms in total. The highest BCUT2D eigenvalue weighted by atomic mass is 32.1. The van der Waals surface area contributed by atoms with Gasteiger partial charge in [0.25, 0.3) is 5.91 Å². The number of anilines is 2. The Labute approximate surface area is 202 Å². The van der Waals surface area contributed by atoms with Crippen LogP contribution < -0.4 is 14.4 Å². The van der Waals surface area contributed by atoms with E-state index in [1.807, 2.05) is 64.9 Å². The fraction of sp³-hybridized carbons (Fsp3) is 0.320. The first-order chi connectivity index (χ1) is 16.6. The van der Waals surface area contributed by atoms with E-state index in [9.17, 15) is 9.59 Å². The van der Waals surface area contributed by atoms with Gasteiger partial charge in [-0.3, -0.25) is 19.4 Å². The van der Waals surface area contributed by atoms with Crippen LogP contribution in [0.5, 0.6) is 11.5 Å². The van der Waals surface area contributed by atoms with Crippen molar-refractivity contribution in [3.05, 3.63) is 65.7 Å². The number of thiazole rings is 1. The number of benzene rings is 2. The highest BCUT2D eigenvalue weighted by molar-refractivity contribution is 7.14. The van der Waals surface area contributed by atoms with Crippen LogP contribution in [0.4, 0.5) is 10.8 Å². The molecule has 1 aromatic heterocycles. The number of hydrogen-bond acceptors (Lipinski definition) is 7. The summed E-state index contributed by atoms with van der Waals surface area (Å²) in [5.41, 5.74) is 1.72. The Hall–Kier alpha value is -3.43. The van der Waals surface area contributed by atoms with Crippen LogP contribution in [0.15, 0.2) is 60.0 Å². The van der Waals surface area contributed by atoms with E-state index in [-0.39, 0.29) is 18.4 Å². The predicted octanol–water partition coefficient (Wildman–Crippen LogP) is 3.31. The summed E-state index contributed by atoms with van der Waals surface area (Å²) in [4.78, 5) is 35.7. The molecular formula is C25H26N4O4S. The molecule has 2 aliphatic rings. The maximum atomic E-state index is 13.0. The summed E-state index contributed by atoms with van der Waals surface area (Å²) in [6, 6.07) is 16.9. The van der Waals surface area contributed by atoms with Gasteiger partial charge in [0.2, 0.25) is 12.0 Å². The molecule has 1 atom stereocenters. The van der Waals surface area contributed by atoms with Gasteiger partial charge in [-0.25, -0.2) is 4.98 Å². The van der Waals surface area contributed by atoms with Crippen molar-refractivity contribution in [1.29, 1.82) is 0 Å². The van der Waals surface area contributed by atoms with E-state index in [4.69, 9.17) is 14.5 Å². The van der Waals surface area contributed by atoms with Gasteiger partial charge >= 0.3 is 0 Å². The van der Waals surface area contributed by atoms with Crippen LogP contribution in [0.1, 0.15) is 12.6 Å². The number of ether oxygens (including phenoxy) is 2. The molecule has 0 N–H and O–H groups in total. The molecule has 9 heteroatoms. The van der Waals surface area contributed by atoms with Crippen molar-refractivity contribution in [3.8, 4) is 11.5 Å². The Morgan fingerprint density at radius 2 is 1.74 bits per heavy atom. The second-order valence-corrected chi connectivity index (χ2v) is 9.11. The number of hydrogen-bond donors (Lipinski definition) is 0. The molecule has 2 aliphatic heterocycles. The van der Waals surface area contributed by atoms with Crippen LogP contribution in [-0.2, 0) is 16.1 Å². The molecule has 1 fully saturated rings. The molecule has 0 saturated carbocycles. The van der Waals surface area contributed by atoms with E-state index < -0.39 is 6.10 Å². The lowest BCUT2D eigenvalue weighted by Gasteiger charge is -2.36. The predicted molar refractivity (Wildman–Crippen MR) is 130 cm³/mol. The number of carbonyl (C=O) groups excluding carboxylic acids is 2. The Balaban J connectivity index is 1.16. The monoisotopic (exact) mass is 478 g/mol. The van der Waals surface area contributed by atoms with Crippen LogP contribution in [-0.4, -0.2) is 65.5 Å². The minimum absolute atomic E-state index is 0.0370. The van der Waals surface area contributed by atoms with Crippen LogP contribution in [0, 0.1) is 0 Å². The van der Waals surface area contributed by atoms with Crippen molar-refractivity contribution in [2.24, 2.45) is 0 Å². The zero-order valence-electron chi connectivity index (χ0n) is 18.9. The van der Waals surface area contributed by atoms with Gasteiger partial charge in [-0.15, -0.1) is 11.3 Å². The summed E-state index contributed by atoms with van der Waals surface area (Å²) in [6.07, 6.45) is -0.613. The van der Waals surface area contributed by atoms with E-state index in [0.29, 0.717) is 36.3 Å². The molecule has 0 aliphatic carbocycles. The van der Waals surface area contributed by atoms with Gasteiger partial charge in [-0.1, -0.05) is 30.3 Å². The molecule has 176 valence electrons. The van der Waals surface area contributed by atoms with E-state index >= 15 is 0 Å². The largest absolute Gasteiger partial charge is 0.485 e. The van der Waals surface area contributed by atoms with Crippen molar-refractivity contribution in [1.82, 2.24) is 14.8 Å². The van der Waals surface area contributed by atoms with E-state index in [2.05, 4.69) is 4.90 Å².